The van der Waals surface area contributed by atoms with Crippen molar-refractivity contribution in [1.82, 2.24) is 4.98 Å². The molecular formula is C12H10FNOS. The van der Waals surface area contributed by atoms with Gasteiger partial charge in [-0.3, -0.25) is 0 Å². The molecule has 0 aliphatic heterocycles. The van der Waals surface area contributed by atoms with Crippen LogP contribution in [0.15, 0.2) is 41.4 Å². The zero-order valence-corrected chi connectivity index (χ0v) is 9.46. The van der Waals surface area contributed by atoms with Crippen LogP contribution in [0.3, 0.4) is 0 Å². The van der Waals surface area contributed by atoms with Crippen LogP contribution in [-0.2, 0) is 0 Å². The van der Waals surface area contributed by atoms with Crippen molar-refractivity contribution in [2.24, 2.45) is 0 Å². The van der Waals surface area contributed by atoms with Crippen LogP contribution in [0.4, 0.5) is 4.39 Å². The van der Waals surface area contributed by atoms with Crippen LogP contribution in [0.2, 0.25) is 0 Å². The summed E-state index contributed by atoms with van der Waals surface area (Å²) in [6.07, 6.45) is 1.84. The van der Waals surface area contributed by atoms with E-state index in [0.717, 1.165) is 5.56 Å². The van der Waals surface area contributed by atoms with Gasteiger partial charge < -0.3 is 5.11 Å². The SMILES string of the molecule is CSc1cc(-c2cccc(O)c2)cc(F)n1. The standard InChI is InChI=1S/C12H10FNOS/c1-16-12-7-9(6-11(13)14-12)8-3-2-4-10(15)5-8/h2-7,15H,1H3. The number of phenols is 1. The van der Waals surface area contributed by atoms with E-state index >= 15 is 0 Å². The molecule has 0 amide bonds. The van der Waals surface area contributed by atoms with Gasteiger partial charge in [-0.15, -0.1) is 11.8 Å². The van der Waals surface area contributed by atoms with Crippen LogP contribution >= 0.6 is 11.8 Å². The van der Waals surface area contributed by atoms with Gasteiger partial charge in [-0.1, -0.05) is 12.1 Å². The Kier molecular flexibility index (Phi) is 3.10. The Balaban J connectivity index is 2.51. The summed E-state index contributed by atoms with van der Waals surface area (Å²) in [6.45, 7) is 0. The number of rotatable bonds is 2. The number of aromatic hydroxyl groups is 1. The van der Waals surface area contributed by atoms with E-state index in [0.29, 0.717) is 10.6 Å². The first kappa shape index (κ1) is 11.0. The second-order valence-corrected chi connectivity index (χ2v) is 4.10. The summed E-state index contributed by atoms with van der Waals surface area (Å²) in [6, 6.07) is 9.87. The number of thioether (sulfide) groups is 1. The fourth-order valence-electron chi connectivity index (χ4n) is 1.43. The number of hydrogen-bond acceptors (Lipinski definition) is 3. The first-order chi connectivity index (χ1) is 7.69. The maximum Gasteiger partial charge on any atom is 0.214 e. The quantitative estimate of drug-likeness (QED) is 0.640. The molecule has 0 aliphatic carbocycles. The lowest BCUT2D eigenvalue weighted by atomic mass is 10.1. The summed E-state index contributed by atoms with van der Waals surface area (Å²) in [5, 5.41) is 9.98. The molecule has 0 radical (unpaired) electrons. The van der Waals surface area contributed by atoms with Gasteiger partial charge in [0, 0.05) is 6.07 Å². The van der Waals surface area contributed by atoms with Crippen LogP contribution in [-0.4, -0.2) is 16.3 Å². The van der Waals surface area contributed by atoms with Gasteiger partial charge in [-0.05, 0) is 35.6 Å². The third kappa shape index (κ3) is 2.33. The zero-order valence-electron chi connectivity index (χ0n) is 8.64. The van der Waals surface area contributed by atoms with Crippen LogP contribution < -0.4 is 0 Å². The molecule has 1 heterocycles. The van der Waals surface area contributed by atoms with Crippen LogP contribution in [0.25, 0.3) is 11.1 Å². The Morgan fingerprint density at radius 2 is 2.00 bits per heavy atom. The Hall–Kier alpha value is -1.55. The highest BCUT2D eigenvalue weighted by molar-refractivity contribution is 7.98. The van der Waals surface area contributed by atoms with E-state index in [-0.39, 0.29) is 5.75 Å². The van der Waals surface area contributed by atoms with E-state index in [1.165, 1.54) is 17.8 Å². The summed E-state index contributed by atoms with van der Waals surface area (Å²) in [5.74, 6) is -0.342. The molecule has 2 rings (SSSR count). The summed E-state index contributed by atoms with van der Waals surface area (Å²) < 4.78 is 13.2. The second kappa shape index (κ2) is 4.53. The van der Waals surface area contributed by atoms with Gasteiger partial charge in [0.15, 0.2) is 0 Å². The molecule has 0 spiro atoms. The van der Waals surface area contributed by atoms with E-state index < -0.39 is 5.95 Å². The smallest absolute Gasteiger partial charge is 0.214 e. The Morgan fingerprint density at radius 1 is 1.19 bits per heavy atom. The van der Waals surface area contributed by atoms with Gasteiger partial charge in [-0.25, -0.2) is 4.98 Å². The van der Waals surface area contributed by atoms with Crippen molar-refractivity contribution < 1.29 is 9.50 Å². The molecule has 0 unspecified atom stereocenters. The molecule has 0 aliphatic rings. The van der Waals surface area contributed by atoms with E-state index in [1.54, 1.807) is 24.3 Å². The predicted octanol–water partition coefficient (Wildman–Crippen LogP) is 3.32. The first-order valence-corrected chi connectivity index (χ1v) is 5.92. The van der Waals surface area contributed by atoms with Gasteiger partial charge in [0.1, 0.15) is 5.75 Å². The van der Waals surface area contributed by atoms with Crippen LogP contribution in [0, 0.1) is 5.95 Å². The van der Waals surface area contributed by atoms with Crippen molar-refractivity contribution in [1.29, 1.82) is 0 Å². The normalized spacial score (nSPS) is 10.4. The van der Waals surface area contributed by atoms with Gasteiger partial charge in [0.25, 0.3) is 0 Å². The molecule has 0 saturated heterocycles. The molecule has 0 bridgehead atoms. The van der Waals surface area contributed by atoms with Crippen molar-refractivity contribution in [2.45, 2.75) is 5.03 Å². The number of benzene rings is 1. The summed E-state index contributed by atoms with van der Waals surface area (Å²) >= 11 is 1.38. The Labute approximate surface area is 97.2 Å². The number of pyridine rings is 1. The van der Waals surface area contributed by atoms with Crippen molar-refractivity contribution >= 4 is 11.8 Å². The van der Waals surface area contributed by atoms with E-state index in [1.807, 2.05) is 12.3 Å². The average molecular weight is 235 g/mol. The molecule has 1 aromatic heterocycles. The number of aromatic nitrogens is 1. The third-order valence-corrected chi connectivity index (χ3v) is 2.79. The highest BCUT2D eigenvalue weighted by Crippen LogP contribution is 2.26. The van der Waals surface area contributed by atoms with Gasteiger partial charge in [0.05, 0.1) is 5.03 Å². The van der Waals surface area contributed by atoms with E-state index in [4.69, 9.17) is 0 Å². The number of nitrogens with zero attached hydrogens (tertiary/aromatic N) is 1. The van der Waals surface area contributed by atoms with Crippen molar-refractivity contribution in [2.75, 3.05) is 6.26 Å². The topological polar surface area (TPSA) is 33.1 Å². The lowest BCUT2D eigenvalue weighted by Crippen LogP contribution is -1.88. The molecule has 0 saturated carbocycles. The van der Waals surface area contributed by atoms with Gasteiger partial charge >= 0.3 is 0 Å². The number of phenolic OH excluding ortho intramolecular Hbond substituents is 1. The predicted molar refractivity (Wildman–Crippen MR) is 63.1 cm³/mol. The lowest BCUT2D eigenvalue weighted by Gasteiger charge is -2.04. The highest BCUT2D eigenvalue weighted by atomic mass is 32.2. The third-order valence-electron chi connectivity index (χ3n) is 2.16. The van der Waals surface area contributed by atoms with Crippen molar-refractivity contribution in [3.63, 3.8) is 0 Å². The maximum absolute atomic E-state index is 13.2. The Morgan fingerprint density at radius 3 is 2.69 bits per heavy atom. The molecular weight excluding hydrogens is 225 g/mol. The fourth-order valence-corrected chi connectivity index (χ4v) is 1.85. The summed E-state index contributed by atoms with van der Waals surface area (Å²) in [4.78, 5) is 3.73. The molecule has 0 atom stereocenters. The minimum absolute atomic E-state index is 0.167. The van der Waals surface area contributed by atoms with E-state index in [9.17, 15) is 9.50 Å². The fraction of sp³-hybridized carbons (Fsp3) is 0.0833. The van der Waals surface area contributed by atoms with Crippen molar-refractivity contribution in [3.05, 3.63) is 42.3 Å². The van der Waals surface area contributed by atoms with Crippen molar-refractivity contribution in [3.8, 4) is 16.9 Å². The van der Waals surface area contributed by atoms with Crippen LogP contribution in [0.1, 0.15) is 0 Å². The lowest BCUT2D eigenvalue weighted by molar-refractivity contribution is 0.475. The molecule has 1 aromatic carbocycles. The average Bonchev–Trinajstić information content (AvgIpc) is 2.28. The largest absolute Gasteiger partial charge is 0.508 e. The Bertz CT molecular complexity index is 516. The molecule has 4 heteroatoms. The molecule has 2 nitrogen and oxygen atoms in total. The van der Waals surface area contributed by atoms with Gasteiger partial charge in [-0.2, -0.15) is 4.39 Å². The second-order valence-electron chi connectivity index (χ2n) is 3.27. The number of halogens is 1. The molecule has 16 heavy (non-hydrogen) atoms. The first-order valence-electron chi connectivity index (χ1n) is 4.70. The molecule has 1 N–H and O–H groups in total. The van der Waals surface area contributed by atoms with E-state index in [2.05, 4.69) is 4.98 Å². The maximum atomic E-state index is 13.2. The summed E-state index contributed by atoms with van der Waals surface area (Å²) in [7, 11) is 0. The zero-order chi connectivity index (χ0) is 11.5. The number of hydrogen-bond donors (Lipinski definition) is 1. The monoisotopic (exact) mass is 235 g/mol. The summed E-state index contributed by atoms with van der Waals surface area (Å²) in [5.41, 5.74) is 1.49. The van der Waals surface area contributed by atoms with Crippen LogP contribution in [0.5, 0.6) is 5.75 Å². The minimum Gasteiger partial charge on any atom is -0.508 e. The highest BCUT2D eigenvalue weighted by Gasteiger charge is 2.04. The minimum atomic E-state index is -0.509. The molecule has 2 aromatic rings. The molecule has 0 fully saturated rings. The molecule has 82 valence electrons. The van der Waals surface area contributed by atoms with Gasteiger partial charge in [0.2, 0.25) is 5.95 Å².